The Balaban J connectivity index is 1.80. The van der Waals surface area contributed by atoms with Crippen molar-refractivity contribution in [1.82, 2.24) is 9.71 Å². The molecule has 2 N–H and O–H groups in total. The number of amides is 1. The van der Waals surface area contributed by atoms with E-state index in [1.165, 1.54) is 0 Å². The fourth-order valence-corrected chi connectivity index (χ4v) is 3.93. The van der Waals surface area contributed by atoms with E-state index in [0.717, 1.165) is 11.3 Å². The predicted molar refractivity (Wildman–Crippen MR) is 96.9 cm³/mol. The van der Waals surface area contributed by atoms with Crippen LogP contribution in [0.25, 0.3) is 0 Å². The first-order chi connectivity index (χ1) is 11.9. The van der Waals surface area contributed by atoms with Gasteiger partial charge in [-0.05, 0) is 56.2 Å². The van der Waals surface area contributed by atoms with Gasteiger partial charge >= 0.3 is 0 Å². The molecule has 3 rings (SSSR count). The molecule has 0 saturated carbocycles. The number of nitrogens with zero attached hydrogens (tertiary/aromatic N) is 2. The van der Waals surface area contributed by atoms with Crippen LogP contribution in [0, 0.1) is 0 Å². The summed E-state index contributed by atoms with van der Waals surface area (Å²) < 4.78 is 28.9. The Morgan fingerprint density at radius 3 is 2.76 bits per heavy atom. The van der Waals surface area contributed by atoms with Crippen molar-refractivity contribution >= 4 is 27.5 Å². The van der Waals surface area contributed by atoms with Crippen LogP contribution in [0.5, 0.6) is 0 Å². The third-order valence-electron chi connectivity index (χ3n) is 3.77. The first-order valence-electron chi connectivity index (χ1n) is 8.00. The molecule has 0 atom stereocenters. The minimum Gasteiger partial charge on any atom is -0.308 e. The van der Waals surface area contributed by atoms with Crippen molar-refractivity contribution in [3.05, 3.63) is 53.9 Å². The number of pyridine rings is 1. The van der Waals surface area contributed by atoms with Gasteiger partial charge in [-0.2, -0.15) is 13.1 Å². The summed E-state index contributed by atoms with van der Waals surface area (Å²) in [7, 11) is -3.61. The van der Waals surface area contributed by atoms with Gasteiger partial charge in [-0.15, -0.1) is 0 Å². The maximum Gasteiger partial charge on any atom is 0.299 e. The third-order valence-corrected chi connectivity index (χ3v) is 5.06. The van der Waals surface area contributed by atoms with Gasteiger partial charge < -0.3 is 4.90 Å². The van der Waals surface area contributed by atoms with Gasteiger partial charge in [0.15, 0.2) is 0 Å². The van der Waals surface area contributed by atoms with Crippen molar-refractivity contribution in [2.24, 2.45) is 0 Å². The zero-order valence-corrected chi connectivity index (χ0v) is 14.9. The first-order valence-corrected chi connectivity index (χ1v) is 9.49. The molecule has 0 unspecified atom stereocenters. The van der Waals surface area contributed by atoms with Crippen LogP contribution in [0.15, 0.2) is 42.7 Å². The number of fused-ring (bicyclic) bond motifs is 1. The van der Waals surface area contributed by atoms with Gasteiger partial charge in [0.25, 0.3) is 16.1 Å². The highest BCUT2D eigenvalue weighted by Crippen LogP contribution is 2.31. The molecule has 1 aromatic carbocycles. The zero-order chi connectivity index (χ0) is 18.0. The van der Waals surface area contributed by atoms with E-state index >= 15 is 0 Å². The highest BCUT2D eigenvalue weighted by Gasteiger charge is 2.26. The molecule has 0 bridgehead atoms. The third kappa shape index (κ3) is 3.97. The summed E-state index contributed by atoms with van der Waals surface area (Å²) in [5.41, 5.74) is 2.74. The van der Waals surface area contributed by atoms with Crippen molar-refractivity contribution in [3.8, 4) is 0 Å². The Morgan fingerprint density at radius 2 is 2.08 bits per heavy atom. The Morgan fingerprint density at radius 1 is 1.28 bits per heavy atom. The lowest BCUT2D eigenvalue weighted by atomic mass is 10.1. The van der Waals surface area contributed by atoms with Gasteiger partial charge in [0, 0.05) is 30.7 Å². The molecule has 1 aliphatic rings. The smallest absolute Gasteiger partial charge is 0.299 e. The fourth-order valence-electron chi connectivity index (χ4n) is 2.82. The quantitative estimate of drug-likeness (QED) is 0.852. The summed E-state index contributed by atoms with van der Waals surface area (Å²) in [4.78, 5) is 18.3. The van der Waals surface area contributed by atoms with Crippen LogP contribution in [0.1, 0.15) is 29.8 Å². The van der Waals surface area contributed by atoms with E-state index < -0.39 is 10.2 Å². The molecule has 0 spiro atoms. The lowest BCUT2D eigenvalue weighted by Gasteiger charge is -2.18. The van der Waals surface area contributed by atoms with Crippen molar-refractivity contribution in [2.45, 2.75) is 26.3 Å². The number of rotatable bonds is 5. The molecule has 1 aliphatic heterocycles. The highest BCUT2D eigenvalue weighted by molar-refractivity contribution is 7.90. The fraction of sp³-hybridized carbons (Fsp3) is 0.294. The van der Waals surface area contributed by atoms with Crippen molar-refractivity contribution in [3.63, 3.8) is 0 Å². The average Bonchev–Trinajstić information content (AvgIpc) is 2.96. The molecule has 2 heterocycles. The number of nitrogens with one attached hydrogen (secondary N) is 2. The minimum absolute atomic E-state index is 0.110. The maximum absolute atomic E-state index is 12.6. The molecule has 0 aliphatic carbocycles. The van der Waals surface area contributed by atoms with Gasteiger partial charge in [0.2, 0.25) is 0 Å². The van der Waals surface area contributed by atoms with Crippen molar-refractivity contribution < 1.29 is 13.2 Å². The van der Waals surface area contributed by atoms with Crippen molar-refractivity contribution in [1.29, 1.82) is 0 Å². The number of anilines is 2. The summed E-state index contributed by atoms with van der Waals surface area (Å²) in [6, 6.07) is 8.46. The highest BCUT2D eigenvalue weighted by atomic mass is 32.2. The van der Waals surface area contributed by atoms with E-state index in [-0.39, 0.29) is 11.9 Å². The van der Waals surface area contributed by atoms with Gasteiger partial charge in [0.05, 0.1) is 11.3 Å². The van der Waals surface area contributed by atoms with Crippen LogP contribution in [-0.4, -0.2) is 31.9 Å². The SMILES string of the molecule is CC(C)NS(=O)(=O)Nc1ccc2c(c1)CCN2C(=O)c1cccnc1. The van der Waals surface area contributed by atoms with E-state index in [1.807, 2.05) is 0 Å². The molecule has 2 aromatic rings. The molecular weight excluding hydrogens is 340 g/mol. The van der Waals surface area contributed by atoms with E-state index in [4.69, 9.17) is 0 Å². The van der Waals surface area contributed by atoms with Gasteiger partial charge in [-0.25, -0.2) is 0 Å². The Kier molecular flexibility index (Phi) is 4.73. The Bertz CT molecular complexity index is 882. The summed E-state index contributed by atoms with van der Waals surface area (Å²) in [6.45, 7) is 4.07. The molecule has 7 nitrogen and oxygen atoms in total. The molecule has 8 heteroatoms. The van der Waals surface area contributed by atoms with Crippen LogP contribution in [0.4, 0.5) is 11.4 Å². The summed E-state index contributed by atoms with van der Waals surface area (Å²) in [6.07, 6.45) is 3.84. The Labute approximate surface area is 147 Å². The first kappa shape index (κ1) is 17.4. The topological polar surface area (TPSA) is 91.4 Å². The minimum atomic E-state index is -3.61. The second-order valence-corrected chi connectivity index (χ2v) is 7.62. The van der Waals surface area contributed by atoms with Crippen LogP contribution in [0.3, 0.4) is 0 Å². The predicted octanol–water partition coefficient (Wildman–Crippen LogP) is 1.94. The number of carbonyl (C=O) groups excluding carboxylic acids is 1. The van der Waals surface area contributed by atoms with E-state index in [2.05, 4.69) is 14.4 Å². The van der Waals surface area contributed by atoms with Crippen molar-refractivity contribution in [2.75, 3.05) is 16.2 Å². The number of hydrogen-bond acceptors (Lipinski definition) is 4. The molecule has 1 amide bonds. The van der Waals surface area contributed by atoms with Crippen LogP contribution in [-0.2, 0) is 16.6 Å². The van der Waals surface area contributed by atoms with Gasteiger partial charge in [0.1, 0.15) is 0 Å². The summed E-state index contributed by atoms with van der Waals surface area (Å²) in [5.74, 6) is -0.110. The number of carbonyl (C=O) groups is 1. The number of hydrogen-bond donors (Lipinski definition) is 2. The number of benzene rings is 1. The summed E-state index contributed by atoms with van der Waals surface area (Å²) in [5, 5.41) is 0. The van der Waals surface area contributed by atoms with Crippen LogP contribution < -0.4 is 14.3 Å². The largest absolute Gasteiger partial charge is 0.308 e. The van der Waals surface area contributed by atoms with Gasteiger partial charge in [-0.1, -0.05) is 0 Å². The second-order valence-electron chi connectivity index (χ2n) is 6.17. The van der Waals surface area contributed by atoms with Gasteiger partial charge in [-0.3, -0.25) is 14.5 Å². The summed E-state index contributed by atoms with van der Waals surface area (Å²) >= 11 is 0. The van der Waals surface area contributed by atoms with Crippen LogP contribution >= 0.6 is 0 Å². The lowest BCUT2D eigenvalue weighted by molar-refractivity contribution is 0.0989. The maximum atomic E-state index is 12.6. The molecule has 25 heavy (non-hydrogen) atoms. The van der Waals surface area contributed by atoms with E-state index in [9.17, 15) is 13.2 Å². The lowest BCUT2D eigenvalue weighted by Crippen LogP contribution is -2.35. The molecule has 0 fully saturated rings. The molecule has 0 saturated heterocycles. The van der Waals surface area contributed by atoms with E-state index in [0.29, 0.717) is 24.2 Å². The standard InChI is InChI=1S/C17H20N4O3S/c1-12(2)19-25(23,24)20-15-5-6-16-13(10-15)7-9-21(16)17(22)14-4-3-8-18-11-14/h3-6,8,10-12,19-20H,7,9H2,1-2H3. The molecular formula is C17H20N4O3S. The average molecular weight is 360 g/mol. The Hall–Kier alpha value is -2.45. The molecule has 132 valence electrons. The normalized spacial score (nSPS) is 13.8. The number of aromatic nitrogens is 1. The second kappa shape index (κ2) is 6.81. The van der Waals surface area contributed by atoms with E-state index in [1.54, 1.807) is 61.5 Å². The monoisotopic (exact) mass is 360 g/mol. The van der Waals surface area contributed by atoms with Crippen LogP contribution in [0.2, 0.25) is 0 Å². The molecule has 1 aromatic heterocycles. The molecule has 0 radical (unpaired) electrons. The zero-order valence-electron chi connectivity index (χ0n) is 14.1.